The van der Waals surface area contributed by atoms with Crippen LogP contribution in [0.4, 0.5) is 0 Å². The molecule has 12 heavy (non-hydrogen) atoms. The van der Waals surface area contributed by atoms with Crippen molar-refractivity contribution in [2.75, 3.05) is 0 Å². The summed E-state index contributed by atoms with van der Waals surface area (Å²) in [6.07, 6.45) is 5.51. The van der Waals surface area contributed by atoms with Gasteiger partial charge in [0.05, 0.1) is 0 Å². The van der Waals surface area contributed by atoms with Gasteiger partial charge in [-0.1, -0.05) is 12.2 Å². The summed E-state index contributed by atoms with van der Waals surface area (Å²) in [6, 6.07) is 3.65. The van der Waals surface area contributed by atoms with E-state index in [1.165, 1.54) is 0 Å². The van der Waals surface area contributed by atoms with Gasteiger partial charge in [0.2, 0.25) is 0 Å². The second-order valence-corrected chi connectivity index (χ2v) is 2.39. The van der Waals surface area contributed by atoms with Gasteiger partial charge >= 0.3 is 0 Å². The van der Waals surface area contributed by atoms with Crippen molar-refractivity contribution < 1.29 is 0 Å². The van der Waals surface area contributed by atoms with Crippen molar-refractivity contribution in [3.05, 3.63) is 35.7 Å². The fourth-order valence-corrected chi connectivity index (χ4v) is 0.890. The van der Waals surface area contributed by atoms with E-state index in [-0.39, 0.29) is 5.84 Å². The highest BCUT2D eigenvalue weighted by Gasteiger charge is 1.96. The summed E-state index contributed by atoms with van der Waals surface area (Å²) in [4.78, 5) is 3.94. The first-order chi connectivity index (χ1) is 5.74. The molecule has 3 heteroatoms. The molecule has 1 aromatic heterocycles. The number of hydrogen-bond acceptors (Lipinski definition) is 2. The molecule has 3 N–H and O–H groups in total. The highest BCUT2D eigenvalue weighted by molar-refractivity contribution is 5.93. The molecule has 0 aliphatic carbocycles. The number of pyridine rings is 1. The van der Waals surface area contributed by atoms with Crippen molar-refractivity contribution in [2.45, 2.75) is 6.92 Å². The Morgan fingerprint density at radius 2 is 2.42 bits per heavy atom. The van der Waals surface area contributed by atoms with Crippen LogP contribution >= 0.6 is 0 Å². The summed E-state index contributed by atoms with van der Waals surface area (Å²) < 4.78 is 0. The normalized spacial score (nSPS) is 10.4. The van der Waals surface area contributed by atoms with E-state index in [9.17, 15) is 0 Å². The molecule has 1 rings (SSSR count). The predicted molar refractivity (Wildman–Crippen MR) is 50.0 cm³/mol. The summed E-state index contributed by atoms with van der Waals surface area (Å²) in [5.41, 5.74) is 6.81. The third-order valence-electron chi connectivity index (χ3n) is 1.42. The van der Waals surface area contributed by atoms with Gasteiger partial charge in [0.25, 0.3) is 0 Å². The molecule has 0 amide bonds. The zero-order chi connectivity index (χ0) is 8.97. The lowest BCUT2D eigenvalue weighted by atomic mass is 10.2. The van der Waals surface area contributed by atoms with Crippen molar-refractivity contribution in [1.82, 2.24) is 4.98 Å². The maximum Gasteiger partial charge on any atom is 0.141 e. The van der Waals surface area contributed by atoms with Gasteiger partial charge in [-0.15, -0.1) is 0 Å². The van der Waals surface area contributed by atoms with Crippen LogP contribution in [-0.4, -0.2) is 10.8 Å². The van der Waals surface area contributed by atoms with E-state index >= 15 is 0 Å². The number of nitrogens with zero attached hydrogens (tertiary/aromatic N) is 1. The van der Waals surface area contributed by atoms with E-state index in [4.69, 9.17) is 11.1 Å². The van der Waals surface area contributed by atoms with Crippen LogP contribution in [0.15, 0.2) is 24.4 Å². The Bertz CT molecular complexity index is 315. The molecule has 0 aromatic carbocycles. The molecule has 3 nitrogen and oxygen atoms in total. The van der Waals surface area contributed by atoms with Gasteiger partial charge in [-0.25, -0.2) is 0 Å². The number of amidine groups is 1. The summed E-state index contributed by atoms with van der Waals surface area (Å²) in [5.74, 6) is 0.00125. The number of nitrogens with two attached hydrogens (primary N) is 1. The minimum absolute atomic E-state index is 0.00125. The Balaban J connectivity index is 3.03. The predicted octanol–water partition coefficient (Wildman–Crippen LogP) is 1.40. The molecule has 0 saturated carbocycles. The molecule has 0 spiro atoms. The largest absolute Gasteiger partial charge is 0.382 e. The van der Waals surface area contributed by atoms with E-state index in [0.717, 1.165) is 5.56 Å². The van der Waals surface area contributed by atoms with E-state index < -0.39 is 0 Å². The maximum absolute atomic E-state index is 7.16. The molecule has 0 unspecified atom stereocenters. The van der Waals surface area contributed by atoms with Crippen molar-refractivity contribution >= 4 is 11.9 Å². The Morgan fingerprint density at radius 3 is 3.00 bits per heavy atom. The van der Waals surface area contributed by atoms with Gasteiger partial charge in [0, 0.05) is 6.20 Å². The molecular formula is C9H11N3. The van der Waals surface area contributed by atoms with Gasteiger partial charge in [-0.3, -0.25) is 10.4 Å². The second-order valence-electron chi connectivity index (χ2n) is 2.39. The molecular weight excluding hydrogens is 150 g/mol. The highest BCUT2D eigenvalue weighted by atomic mass is 14.8. The topological polar surface area (TPSA) is 62.8 Å². The van der Waals surface area contributed by atoms with Crippen LogP contribution in [0, 0.1) is 5.41 Å². The molecule has 0 radical (unpaired) electrons. The number of allylic oxidation sites excluding steroid dienone is 1. The highest BCUT2D eigenvalue weighted by Crippen LogP contribution is 2.02. The Kier molecular flexibility index (Phi) is 2.58. The number of nitrogen functional groups attached to an aromatic ring is 1. The first kappa shape index (κ1) is 8.46. The van der Waals surface area contributed by atoms with Crippen LogP contribution in [0.3, 0.4) is 0 Å². The molecule has 0 atom stereocenters. The van der Waals surface area contributed by atoms with Gasteiger partial charge in [0.15, 0.2) is 0 Å². The minimum atomic E-state index is 0.00125. The van der Waals surface area contributed by atoms with Crippen molar-refractivity contribution in [3.63, 3.8) is 0 Å². The molecule has 62 valence electrons. The van der Waals surface area contributed by atoms with Crippen molar-refractivity contribution in [3.8, 4) is 0 Å². The fourth-order valence-electron chi connectivity index (χ4n) is 0.890. The van der Waals surface area contributed by atoms with E-state index in [0.29, 0.717) is 5.69 Å². The molecule has 1 aromatic rings. The number of hydrogen-bond donors (Lipinski definition) is 2. The Morgan fingerprint density at radius 1 is 1.67 bits per heavy atom. The SMILES string of the molecule is CC=Cc1ccnc(C(=N)N)c1. The first-order valence-electron chi connectivity index (χ1n) is 3.67. The van der Waals surface area contributed by atoms with Gasteiger partial charge in [-0.2, -0.15) is 0 Å². The third kappa shape index (κ3) is 1.92. The lowest BCUT2D eigenvalue weighted by Crippen LogP contribution is -2.12. The minimum Gasteiger partial charge on any atom is -0.382 e. The standard InChI is InChI=1S/C9H11N3/c1-2-3-7-4-5-12-8(6-7)9(10)11/h2-6H,1H3,(H3,10,11). The summed E-state index contributed by atoms with van der Waals surface area (Å²) in [6.45, 7) is 1.94. The molecule has 0 saturated heterocycles. The zero-order valence-corrected chi connectivity index (χ0v) is 6.91. The van der Waals surface area contributed by atoms with Crippen LogP contribution < -0.4 is 5.73 Å². The fraction of sp³-hybridized carbons (Fsp3) is 0.111. The lowest BCUT2D eigenvalue weighted by Gasteiger charge is -1.97. The molecule has 0 aliphatic rings. The van der Waals surface area contributed by atoms with Gasteiger partial charge < -0.3 is 5.73 Å². The van der Waals surface area contributed by atoms with Crippen molar-refractivity contribution in [1.29, 1.82) is 5.41 Å². The number of aromatic nitrogens is 1. The van der Waals surface area contributed by atoms with E-state index in [1.807, 2.05) is 25.1 Å². The summed E-state index contributed by atoms with van der Waals surface area (Å²) >= 11 is 0. The van der Waals surface area contributed by atoms with Crippen LogP contribution in [0.25, 0.3) is 6.08 Å². The molecule has 0 aliphatic heterocycles. The Labute approximate surface area is 71.4 Å². The van der Waals surface area contributed by atoms with Crippen LogP contribution in [0.5, 0.6) is 0 Å². The molecule has 1 heterocycles. The van der Waals surface area contributed by atoms with Crippen molar-refractivity contribution in [2.24, 2.45) is 5.73 Å². The lowest BCUT2D eigenvalue weighted by molar-refractivity contribution is 1.25. The Hall–Kier alpha value is -1.64. The monoisotopic (exact) mass is 161 g/mol. The number of rotatable bonds is 2. The van der Waals surface area contributed by atoms with E-state index in [1.54, 1.807) is 12.3 Å². The zero-order valence-electron chi connectivity index (χ0n) is 6.91. The molecule has 0 bridgehead atoms. The summed E-state index contributed by atoms with van der Waals surface area (Å²) in [7, 11) is 0. The third-order valence-corrected chi connectivity index (χ3v) is 1.42. The average Bonchev–Trinajstić information content (AvgIpc) is 2.05. The van der Waals surface area contributed by atoms with Gasteiger partial charge in [0.1, 0.15) is 11.5 Å². The second kappa shape index (κ2) is 3.67. The van der Waals surface area contributed by atoms with Crippen LogP contribution in [-0.2, 0) is 0 Å². The van der Waals surface area contributed by atoms with Crippen LogP contribution in [0.1, 0.15) is 18.2 Å². The van der Waals surface area contributed by atoms with E-state index in [2.05, 4.69) is 4.98 Å². The first-order valence-corrected chi connectivity index (χ1v) is 3.67. The van der Waals surface area contributed by atoms with Crippen LogP contribution in [0.2, 0.25) is 0 Å². The van der Waals surface area contributed by atoms with Gasteiger partial charge in [-0.05, 0) is 24.6 Å². The average molecular weight is 161 g/mol. The smallest absolute Gasteiger partial charge is 0.141 e. The molecule has 0 fully saturated rings. The summed E-state index contributed by atoms with van der Waals surface area (Å²) in [5, 5.41) is 7.16. The quantitative estimate of drug-likeness (QED) is 0.508. The number of nitrogens with one attached hydrogen (secondary N) is 1. The maximum atomic E-state index is 7.16.